The molecule has 0 aliphatic carbocycles. The van der Waals surface area contributed by atoms with E-state index in [2.05, 4.69) is 12.2 Å². The predicted molar refractivity (Wildman–Crippen MR) is 154 cm³/mol. The van der Waals surface area contributed by atoms with Gasteiger partial charge in [-0.1, -0.05) is 32.3 Å². The van der Waals surface area contributed by atoms with E-state index in [1.54, 1.807) is 0 Å². The monoisotopic (exact) mass is 591 g/mol. The Balaban J connectivity index is 1.51. The number of alkyl halides is 3. The van der Waals surface area contributed by atoms with E-state index in [0.717, 1.165) is 52.7 Å². The molecule has 6 nitrogen and oxygen atoms in total. The molecule has 0 aromatic heterocycles. The molecule has 4 rings (SSSR count). The van der Waals surface area contributed by atoms with Gasteiger partial charge in [0, 0.05) is 5.56 Å². The van der Waals surface area contributed by atoms with Crippen LogP contribution in [0.15, 0.2) is 23.1 Å². The number of rotatable bonds is 10. The summed E-state index contributed by atoms with van der Waals surface area (Å²) in [5, 5.41) is 1.53. The number of ether oxygens (including phenoxy) is 3. The molecule has 2 aromatic carbocycles. The lowest BCUT2D eigenvalue weighted by Gasteiger charge is -2.38. The zero-order valence-electron chi connectivity index (χ0n) is 24.0. The van der Waals surface area contributed by atoms with Crippen LogP contribution in [0.25, 0.3) is 6.08 Å². The van der Waals surface area contributed by atoms with E-state index < -0.39 is 28.5 Å². The van der Waals surface area contributed by atoms with Gasteiger partial charge in [-0.15, -0.1) is 0 Å². The first-order valence-electron chi connectivity index (χ1n) is 13.9. The van der Waals surface area contributed by atoms with Gasteiger partial charge in [-0.25, -0.2) is 0 Å². The average Bonchev–Trinajstić information content (AvgIpc) is 3.23. The maximum atomic E-state index is 14.0. The van der Waals surface area contributed by atoms with Crippen LogP contribution in [-0.4, -0.2) is 30.0 Å². The highest BCUT2D eigenvalue weighted by Crippen LogP contribution is 2.44. The van der Waals surface area contributed by atoms with Gasteiger partial charge in [0.25, 0.3) is 11.1 Å². The molecule has 2 amide bonds. The Hall–Kier alpha value is -3.14. The van der Waals surface area contributed by atoms with Crippen LogP contribution in [-0.2, 0) is 17.4 Å². The molecule has 2 aromatic rings. The van der Waals surface area contributed by atoms with Crippen molar-refractivity contribution in [3.05, 3.63) is 56.5 Å². The molecule has 1 N–H and O–H groups in total. The van der Waals surface area contributed by atoms with Crippen molar-refractivity contribution in [2.45, 2.75) is 84.9 Å². The number of benzene rings is 2. The minimum absolute atomic E-state index is 0.0320. The SMILES string of the molecule is CCCCCCOc1c(C)c(C)c2c(c1C)CCC(C)(COc1ccc(C=C3SC(=O)NC3=O)cc1C(F)(F)F)O2. The van der Waals surface area contributed by atoms with Gasteiger partial charge in [-0.3, -0.25) is 14.9 Å². The second kappa shape index (κ2) is 12.4. The summed E-state index contributed by atoms with van der Waals surface area (Å²) in [5.41, 5.74) is 2.39. The van der Waals surface area contributed by atoms with E-state index in [9.17, 15) is 22.8 Å². The summed E-state index contributed by atoms with van der Waals surface area (Å²) >= 11 is 0.644. The van der Waals surface area contributed by atoms with E-state index in [1.807, 2.05) is 27.7 Å². The van der Waals surface area contributed by atoms with Crippen LogP contribution in [0.2, 0.25) is 0 Å². The Kier molecular flexibility index (Phi) is 9.31. The Bertz CT molecular complexity index is 1370. The van der Waals surface area contributed by atoms with Crippen LogP contribution >= 0.6 is 11.8 Å². The van der Waals surface area contributed by atoms with Crippen molar-refractivity contribution >= 4 is 29.0 Å². The fraction of sp³-hybridized carbons (Fsp3) is 0.484. The number of nitrogens with one attached hydrogen (secondary N) is 1. The molecule has 1 atom stereocenters. The summed E-state index contributed by atoms with van der Waals surface area (Å²) in [6.07, 6.45) is 2.29. The predicted octanol–water partition coefficient (Wildman–Crippen LogP) is 8.08. The lowest BCUT2D eigenvalue weighted by molar-refractivity contribution is -0.139. The van der Waals surface area contributed by atoms with Crippen LogP contribution in [0.1, 0.15) is 79.3 Å². The van der Waals surface area contributed by atoms with Crippen molar-refractivity contribution < 1.29 is 37.0 Å². The van der Waals surface area contributed by atoms with Crippen molar-refractivity contribution in [3.8, 4) is 17.2 Å². The van der Waals surface area contributed by atoms with Gasteiger partial charge in [0.05, 0.1) is 17.1 Å². The molecule has 0 radical (unpaired) electrons. The molecule has 2 heterocycles. The molecule has 41 heavy (non-hydrogen) atoms. The van der Waals surface area contributed by atoms with Gasteiger partial charge in [0.1, 0.15) is 29.5 Å². The molecule has 10 heteroatoms. The van der Waals surface area contributed by atoms with Crippen molar-refractivity contribution in [1.82, 2.24) is 5.32 Å². The summed E-state index contributed by atoms with van der Waals surface area (Å²) in [7, 11) is 0. The van der Waals surface area contributed by atoms with Gasteiger partial charge in [-0.2, -0.15) is 13.2 Å². The standard InChI is InChI=1S/C31H36F3NO5S/c1-6-7-8-9-14-38-26-18(2)19(3)27-22(20(26)4)12-13-30(5,40-27)17-39-24-11-10-21(15-23(24)31(32,33)34)16-25-28(36)35-29(37)41-25/h10-11,15-16H,6-9,12-14,17H2,1-5H3,(H,35,36,37). The van der Waals surface area contributed by atoms with Crippen LogP contribution < -0.4 is 19.5 Å². The van der Waals surface area contributed by atoms with Crippen molar-refractivity contribution in [1.29, 1.82) is 0 Å². The molecule has 2 aliphatic rings. The van der Waals surface area contributed by atoms with Gasteiger partial charge in [0.15, 0.2) is 0 Å². The van der Waals surface area contributed by atoms with Gasteiger partial charge in [-0.05, 0) is 99.2 Å². The lowest BCUT2D eigenvalue weighted by Crippen LogP contribution is -2.42. The fourth-order valence-corrected chi connectivity index (χ4v) is 5.77. The van der Waals surface area contributed by atoms with Gasteiger partial charge < -0.3 is 14.2 Å². The van der Waals surface area contributed by atoms with E-state index in [-0.39, 0.29) is 22.8 Å². The zero-order valence-corrected chi connectivity index (χ0v) is 24.9. The number of halogens is 3. The Morgan fingerprint density at radius 3 is 2.49 bits per heavy atom. The Morgan fingerprint density at radius 2 is 1.83 bits per heavy atom. The number of fused-ring (bicyclic) bond motifs is 1. The molecule has 1 fully saturated rings. The summed E-state index contributed by atoms with van der Waals surface area (Å²) in [6.45, 7) is 10.6. The van der Waals surface area contributed by atoms with E-state index in [1.165, 1.54) is 31.1 Å². The quantitative estimate of drug-likeness (QED) is 0.222. The van der Waals surface area contributed by atoms with Crippen LogP contribution in [0.3, 0.4) is 0 Å². The molecular weight excluding hydrogens is 555 g/mol. The smallest absolute Gasteiger partial charge is 0.419 e. The normalized spacial score (nSPS) is 19.7. The number of hydrogen-bond donors (Lipinski definition) is 1. The first-order valence-corrected chi connectivity index (χ1v) is 14.7. The maximum absolute atomic E-state index is 14.0. The van der Waals surface area contributed by atoms with Crippen molar-refractivity contribution in [3.63, 3.8) is 0 Å². The molecular formula is C31H36F3NO5S. The summed E-state index contributed by atoms with van der Waals surface area (Å²) < 4.78 is 60.4. The average molecular weight is 592 g/mol. The first-order chi connectivity index (χ1) is 19.3. The number of imide groups is 1. The number of unbranched alkanes of at least 4 members (excludes halogenated alkanes) is 3. The molecule has 0 saturated carbocycles. The fourth-order valence-electron chi connectivity index (χ4n) is 5.09. The highest BCUT2D eigenvalue weighted by Gasteiger charge is 2.38. The number of carbonyl (C=O) groups is 2. The number of thioether (sulfide) groups is 1. The van der Waals surface area contributed by atoms with Crippen molar-refractivity contribution in [2.24, 2.45) is 0 Å². The van der Waals surface area contributed by atoms with E-state index in [0.29, 0.717) is 31.2 Å². The summed E-state index contributed by atoms with van der Waals surface area (Å²) in [4.78, 5) is 23.2. The van der Waals surface area contributed by atoms with Crippen LogP contribution in [0.5, 0.6) is 17.2 Å². The number of carbonyl (C=O) groups excluding carboxylic acids is 2. The third kappa shape index (κ3) is 7.02. The number of hydrogen-bond acceptors (Lipinski definition) is 6. The van der Waals surface area contributed by atoms with E-state index in [4.69, 9.17) is 14.2 Å². The largest absolute Gasteiger partial charge is 0.493 e. The first kappa shape index (κ1) is 30.8. The molecule has 1 saturated heterocycles. The molecule has 0 spiro atoms. The Labute approximate surface area is 243 Å². The molecule has 0 bridgehead atoms. The van der Waals surface area contributed by atoms with Gasteiger partial charge in [0.2, 0.25) is 0 Å². The highest BCUT2D eigenvalue weighted by atomic mass is 32.2. The summed E-state index contributed by atoms with van der Waals surface area (Å²) in [6, 6.07) is 3.57. The minimum atomic E-state index is -4.69. The zero-order chi connectivity index (χ0) is 29.9. The molecule has 1 unspecified atom stereocenters. The summed E-state index contributed by atoms with van der Waals surface area (Å²) in [5.74, 6) is 0.674. The Morgan fingerprint density at radius 1 is 1.07 bits per heavy atom. The van der Waals surface area contributed by atoms with Crippen LogP contribution in [0, 0.1) is 20.8 Å². The lowest BCUT2D eigenvalue weighted by atomic mass is 9.87. The van der Waals surface area contributed by atoms with Crippen LogP contribution in [0.4, 0.5) is 18.0 Å². The highest BCUT2D eigenvalue weighted by molar-refractivity contribution is 8.18. The molecule has 222 valence electrons. The third-order valence-electron chi connectivity index (χ3n) is 7.59. The maximum Gasteiger partial charge on any atom is 0.419 e. The second-order valence-electron chi connectivity index (χ2n) is 10.9. The van der Waals surface area contributed by atoms with E-state index >= 15 is 0 Å². The second-order valence-corrected chi connectivity index (χ2v) is 11.9. The number of amides is 2. The minimum Gasteiger partial charge on any atom is -0.493 e. The van der Waals surface area contributed by atoms with Crippen molar-refractivity contribution in [2.75, 3.05) is 13.2 Å². The third-order valence-corrected chi connectivity index (χ3v) is 8.40. The van der Waals surface area contributed by atoms with Gasteiger partial charge >= 0.3 is 6.18 Å². The topological polar surface area (TPSA) is 73.9 Å². The molecule has 2 aliphatic heterocycles.